The second-order valence-electron chi connectivity index (χ2n) is 10.0. The van der Waals surface area contributed by atoms with Crippen molar-refractivity contribution in [1.82, 2.24) is 20.0 Å². The van der Waals surface area contributed by atoms with Crippen LogP contribution < -0.4 is 5.32 Å². The fourth-order valence-corrected chi connectivity index (χ4v) is 3.78. The third-order valence-electron chi connectivity index (χ3n) is 5.37. The van der Waals surface area contributed by atoms with E-state index in [1.54, 1.807) is 4.90 Å². The zero-order chi connectivity index (χ0) is 22.0. The van der Waals surface area contributed by atoms with Gasteiger partial charge in [-0.1, -0.05) is 34.6 Å². The van der Waals surface area contributed by atoms with E-state index < -0.39 is 0 Å². The molecule has 2 rings (SSSR count). The lowest BCUT2D eigenvalue weighted by atomic mass is 9.93. The Bertz CT molecular complexity index is 483. The van der Waals surface area contributed by atoms with Crippen molar-refractivity contribution < 1.29 is 9.59 Å². The van der Waals surface area contributed by atoms with Crippen molar-refractivity contribution in [3.63, 3.8) is 0 Å². The molecule has 0 bridgehead atoms. The van der Waals surface area contributed by atoms with Crippen molar-refractivity contribution in [1.29, 1.82) is 0 Å². The topological polar surface area (TPSA) is 55.9 Å². The van der Waals surface area contributed by atoms with Crippen LogP contribution in [0.2, 0.25) is 0 Å². The van der Waals surface area contributed by atoms with Gasteiger partial charge in [-0.25, -0.2) is 0 Å². The summed E-state index contributed by atoms with van der Waals surface area (Å²) >= 11 is 0. The average Bonchev–Trinajstić information content (AvgIpc) is 2.63. The maximum atomic E-state index is 12.6. The van der Waals surface area contributed by atoms with Crippen LogP contribution in [0.1, 0.15) is 60.3 Å². The standard InChI is InChI=1S/C19H36N4O2.C4H10/c1-15(2)13-17-19(25)23(12-8-20-17)14-18(24)22-10-6-16(7-11-22)5-9-21(3)4;1-4(2)3/h15-17,20H,5-14H2,1-4H3;4H,1-3H3. The maximum absolute atomic E-state index is 12.6. The van der Waals surface area contributed by atoms with Crippen LogP contribution in [0, 0.1) is 17.8 Å². The van der Waals surface area contributed by atoms with E-state index in [0.29, 0.717) is 12.5 Å². The molecule has 2 fully saturated rings. The van der Waals surface area contributed by atoms with Gasteiger partial charge in [0.05, 0.1) is 12.6 Å². The Kier molecular flexibility index (Phi) is 11.8. The van der Waals surface area contributed by atoms with E-state index in [9.17, 15) is 9.59 Å². The van der Waals surface area contributed by atoms with E-state index in [1.807, 2.05) is 4.90 Å². The number of carbonyl (C=O) groups excluding carboxylic acids is 2. The summed E-state index contributed by atoms with van der Waals surface area (Å²) in [6.07, 6.45) is 4.22. The zero-order valence-corrected chi connectivity index (χ0v) is 20.0. The number of rotatable bonds is 7. The van der Waals surface area contributed by atoms with Crippen LogP contribution in [-0.4, -0.2) is 85.9 Å². The molecule has 0 aromatic heterocycles. The summed E-state index contributed by atoms with van der Waals surface area (Å²) in [5.74, 6) is 2.24. The number of nitrogens with one attached hydrogen (secondary N) is 1. The van der Waals surface area contributed by atoms with Gasteiger partial charge in [0.1, 0.15) is 0 Å². The second kappa shape index (κ2) is 13.2. The first kappa shape index (κ1) is 25.9. The normalized spacial score (nSPS) is 21.0. The Hall–Kier alpha value is -1.14. The highest BCUT2D eigenvalue weighted by Crippen LogP contribution is 2.21. The Morgan fingerprint density at radius 3 is 2.21 bits per heavy atom. The summed E-state index contributed by atoms with van der Waals surface area (Å²) in [4.78, 5) is 31.1. The molecule has 6 heteroatoms. The van der Waals surface area contributed by atoms with Gasteiger partial charge in [0.2, 0.25) is 11.8 Å². The van der Waals surface area contributed by atoms with Gasteiger partial charge < -0.3 is 20.0 Å². The molecule has 29 heavy (non-hydrogen) atoms. The minimum Gasteiger partial charge on any atom is -0.341 e. The fraction of sp³-hybridized carbons (Fsp3) is 0.913. The fourth-order valence-electron chi connectivity index (χ4n) is 3.78. The lowest BCUT2D eigenvalue weighted by molar-refractivity contribution is -0.144. The first-order chi connectivity index (χ1) is 13.6. The van der Waals surface area contributed by atoms with Gasteiger partial charge in [-0.2, -0.15) is 0 Å². The summed E-state index contributed by atoms with van der Waals surface area (Å²) in [6.45, 7) is 15.2. The van der Waals surface area contributed by atoms with E-state index in [2.05, 4.69) is 58.9 Å². The summed E-state index contributed by atoms with van der Waals surface area (Å²) in [7, 11) is 4.21. The van der Waals surface area contributed by atoms with Crippen LogP contribution in [0.25, 0.3) is 0 Å². The largest absolute Gasteiger partial charge is 0.341 e. The Balaban J connectivity index is 0.000000960. The van der Waals surface area contributed by atoms with Crippen molar-refractivity contribution >= 4 is 11.8 Å². The molecule has 0 aliphatic carbocycles. The summed E-state index contributed by atoms with van der Waals surface area (Å²) in [6, 6.07) is -0.127. The number of piperidine rings is 1. The van der Waals surface area contributed by atoms with Gasteiger partial charge in [0.15, 0.2) is 0 Å². The molecule has 2 saturated heterocycles. The molecule has 2 aliphatic heterocycles. The molecule has 1 N–H and O–H groups in total. The molecule has 0 aromatic carbocycles. The molecule has 0 aromatic rings. The molecule has 1 atom stereocenters. The van der Waals surface area contributed by atoms with Crippen LogP contribution in [0.3, 0.4) is 0 Å². The minimum atomic E-state index is -0.127. The number of hydrogen-bond acceptors (Lipinski definition) is 4. The van der Waals surface area contributed by atoms with Crippen LogP contribution in [-0.2, 0) is 9.59 Å². The van der Waals surface area contributed by atoms with E-state index in [1.165, 1.54) is 6.42 Å². The molecule has 2 aliphatic rings. The van der Waals surface area contributed by atoms with Crippen molar-refractivity contribution in [3.05, 3.63) is 0 Å². The maximum Gasteiger partial charge on any atom is 0.242 e. The predicted molar refractivity (Wildman–Crippen MR) is 121 cm³/mol. The lowest BCUT2D eigenvalue weighted by Gasteiger charge is -2.37. The highest BCUT2D eigenvalue weighted by atomic mass is 16.2. The molecular weight excluding hydrogens is 364 g/mol. The molecular formula is C23H46N4O2. The SMILES string of the molecule is CC(C)C.CC(C)CC1NCCN(CC(=O)N2CCC(CCN(C)C)CC2)C1=O. The van der Waals surface area contributed by atoms with Crippen LogP contribution in [0.4, 0.5) is 0 Å². The summed E-state index contributed by atoms with van der Waals surface area (Å²) in [5.41, 5.74) is 0. The van der Waals surface area contributed by atoms with E-state index in [4.69, 9.17) is 0 Å². The van der Waals surface area contributed by atoms with E-state index in [-0.39, 0.29) is 24.4 Å². The first-order valence-corrected chi connectivity index (χ1v) is 11.5. The van der Waals surface area contributed by atoms with E-state index in [0.717, 1.165) is 57.3 Å². The smallest absolute Gasteiger partial charge is 0.242 e. The number of carbonyl (C=O) groups is 2. The molecule has 2 heterocycles. The Labute approximate surface area is 179 Å². The third-order valence-corrected chi connectivity index (χ3v) is 5.37. The van der Waals surface area contributed by atoms with Gasteiger partial charge >= 0.3 is 0 Å². The van der Waals surface area contributed by atoms with Crippen molar-refractivity contribution in [2.24, 2.45) is 17.8 Å². The number of nitrogens with zero attached hydrogens (tertiary/aromatic N) is 3. The molecule has 0 saturated carbocycles. The van der Waals surface area contributed by atoms with Gasteiger partial charge in [-0.3, -0.25) is 9.59 Å². The quantitative estimate of drug-likeness (QED) is 0.701. The van der Waals surface area contributed by atoms with Gasteiger partial charge in [-0.15, -0.1) is 0 Å². The average molecular weight is 411 g/mol. The predicted octanol–water partition coefficient (Wildman–Crippen LogP) is 2.69. The van der Waals surface area contributed by atoms with Crippen LogP contribution in [0.15, 0.2) is 0 Å². The molecule has 2 amide bonds. The number of hydrogen-bond donors (Lipinski definition) is 1. The number of amides is 2. The Morgan fingerprint density at radius 2 is 1.69 bits per heavy atom. The minimum absolute atomic E-state index is 0.0918. The Morgan fingerprint density at radius 1 is 1.10 bits per heavy atom. The molecule has 0 spiro atoms. The summed E-state index contributed by atoms with van der Waals surface area (Å²) < 4.78 is 0. The second-order valence-corrected chi connectivity index (χ2v) is 10.0. The zero-order valence-electron chi connectivity index (χ0n) is 20.0. The van der Waals surface area contributed by atoms with Crippen molar-refractivity contribution in [3.8, 4) is 0 Å². The van der Waals surface area contributed by atoms with Crippen molar-refractivity contribution in [2.75, 3.05) is 53.4 Å². The highest BCUT2D eigenvalue weighted by Gasteiger charge is 2.31. The highest BCUT2D eigenvalue weighted by molar-refractivity contribution is 5.88. The summed E-state index contributed by atoms with van der Waals surface area (Å²) in [5, 5.41) is 3.29. The van der Waals surface area contributed by atoms with Crippen molar-refractivity contribution in [2.45, 2.75) is 66.3 Å². The third kappa shape index (κ3) is 10.4. The van der Waals surface area contributed by atoms with Crippen LogP contribution in [0.5, 0.6) is 0 Å². The molecule has 6 nitrogen and oxygen atoms in total. The molecule has 0 radical (unpaired) electrons. The first-order valence-electron chi connectivity index (χ1n) is 11.5. The number of likely N-dealkylation sites (tertiary alicyclic amines) is 1. The van der Waals surface area contributed by atoms with E-state index >= 15 is 0 Å². The van der Waals surface area contributed by atoms with Crippen LogP contribution >= 0.6 is 0 Å². The molecule has 1 unspecified atom stereocenters. The lowest BCUT2D eigenvalue weighted by Crippen LogP contribution is -2.57. The van der Waals surface area contributed by atoms with Gasteiger partial charge in [0.25, 0.3) is 0 Å². The monoisotopic (exact) mass is 410 g/mol. The van der Waals surface area contributed by atoms with Gasteiger partial charge in [0, 0.05) is 26.2 Å². The number of piperazine rings is 1. The molecule has 170 valence electrons. The van der Waals surface area contributed by atoms with Gasteiger partial charge in [-0.05, 0) is 64.1 Å².